The third-order valence-corrected chi connectivity index (χ3v) is 5.35. The molecule has 0 fully saturated rings. The minimum atomic E-state index is -3.43. The number of aliphatic imine (C=N–C) groups is 1. The van der Waals surface area contributed by atoms with E-state index in [9.17, 15) is 8.42 Å². The SMILES string of the molecule is CN=C(NCCCc1ccccc1)NCc1cccc(S(=O)(=O)NC)c1. The van der Waals surface area contributed by atoms with E-state index in [0.29, 0.717) is 12.5 Å². The van der Waals surface area contributed by atoms with E-state index in [0.717, 1.165) is 24.9 Å². The Morgan fingerprint density at radius 2 is 1.73 bits per heavy atom. The smallest absolute Gasteiger partial charge is 0.240 e. The van der Waals surface area contributed by atoms with Gasteiger partial charge in [-0.15, -0.1) is 0 Å². The Kier molecular flexibility index (Phi) is 7.62. The van der Waals surface area contributed by atoms with E-state index in [2.05, 4.69) is 32.5 Å². The lowest BCUT2D eigenvalue weighted by molar-refractivity contribution is 0.588. The number of nitrogens with one attached hydrogen (secondary N) is 3. The van der Waals surface area contributed by atoms with Gasteiger partial charge in [0.25, 0.3) is 0 Å². The van der Waals surface area contributed by atoms with Crippen LogP contribution in [0.5, 0.6) is 0 Å². The number of guanidine groups is 1. The van der Waals surface area contributed by atoms with Crippen molar-refractivity contribution in [1.29, 1.82) is 0 Å². The van der Waals surface area contributed by atoms with E-state index in [1.165, 1.54) is 12.6 Å². The molecule has 0 bridgehead atoms. The second kappa shape index (κ2) is 9.94. The summed E-state index contributed by atoms with van der Waals surface area (Å²) in [5.41, 5.74) is 2.19. The number of aryl methyl sites for hydroxylation is 1. The van der Waals surface area contributed by atoms with Crippen molar-refractivity contribution in [2.24, 2.45) is 4.99 Å². The Balaban J connectivity index is 1.81. The van der Waals surface area contributed by atoms with Gasteiger partial charge >= 0.3 is 0 Å². The van der Waals surface area contributed by atoms with Crippen LogP contribution < -0.4 is 15.4 Å². The number of hydrogen-bond donors (Lipinski definition) is 3. The molecule has 0 saturated heterocycles. The second-order valence-corrected chi connectivity index (χ2v) is 7.68. The number of rotatable bonds is 8. The highest BCUT2D eigenvalue weighted by Crippen LogP contribution is 2.10. The van der Waals surface area contributed by atoms with Gasteiger partial charge in [-0.1, -0.05) is 42.5 Å². The molecule has 0 amide bonds. The molecule has 140 valence electrons. The first-order valence-corrected chi connectivity index (χ1v) is 10.0. The Hall–Kier alpha value is -2.38. The van der Waals surface area contributed by atoms with Crippen LogP contribution in [0.25, 0.3) is 0 Å². The molecule has 3 N–H and O–H groups in total. The third kappa shape index (κ3) is 6.16. The van der Waals surface area contributed by atoms with Crippen LogP contribution in [0.2, 0.25) is 0 Å². The van der Waals surface area contributed by atoms with E-state index in [1.807, 2.05) is 24.3 Å². The van der Waals surface area contributed by atoms with Crippen LogP contribution in [-0.2, 0) is 23.0 Å². The lowest BCUT2D eigenvalue weighted by atomic mass is 10.1. The minimum Gasteiger partial charge on any atom is -0.356 e. The van der Waals surface area contributed by atoms with Gasteiger partial charge in [0.2, 0.25) is 10.0 Å². The fourth-order valence-corrected chi connectivity index (χ4v) is 3.29. The maximum Gasteiger partial charge on any atom is 0.240 e. The lowest BCUT2D eigenvalue weighted by Crippen LogP contribution is -2.37. The zero-order valence-corrected chi connectivity index (χ0v) is 16.0. The average Bonchev–Trinajstić information content (AvgIpc) is 2.68. The summed E-state index contributed by atoms with van der Waals surface area (Å²) in [5, 5.41) is 6.48. The summed E-state index contributed by atoms with van der Waals surface area (Å²) in [6, 6.07) is 17.2. The Morgan fingerprint density at radius 3 is 2.42 bits per heavy atom. The molecule has 0 spiro atoms. The van der Waals surface area contributed by atoms with E-state index < -0.39 is 10.0 Å². The molecule has 0 radical (unpaired) electrons. The predicted molar refractivity (Wildman–Crippen MR) is 106 cm³/mol. The molecule has 0 unspecified atom stereocenters. The molecular formula is C19H26N4O2S. The summed E-state index contributed by atoms with van der Waals surface area (Å²) in [6.45, 7) is 1.30. The van der Waals surface area contributed by atoms with E-state index in [-0.39, 0.29) is 4.90 Å². The fourth-order valence-electron chi connectivity index (χ4n) is 2.49. The van der Waals surface area contributed by atoms with Crippen molar-refractivity contribution < 1.29 is 8.42 Å². The highest BCUT2D eigenvalue weighted by atomic mass is 32.2. The van der Waals surface area contributed by atoms with Crippen molar-refractivity contribution in [2.75, 3.05) is 20.6 Å². The van der Waals surface area contributed by atoms with Crippen molar-refractivity contribution in [1.82, 2.24) is 15.4 Å². The second-order valence-electron chi connectivity index (χ2n) is 5.80. The van der Waals surface area contributed by atoms with Crippen molar-refractivity contribution >= 4 is 16.0 Å². The topological polar surface area (TPSA) is 82.6 Å². The van der Waals surface area contributed by atoms with Crippen LogP contribution in [0.3, 0.4) is 0 Å². The first-order chi connectivity index (χ1) is 12.5. The predicted octanol–water partition coefficient (Wildman–Crippen LogP) is 1.89. The van der Waals surface area contributed by atoms with Crippen molar-refractivity contribution in [3.8, 4) is 0 Å². The molecule has 26 heavy (non-hydrogen) atoms. The zero-order valence-electron chi connectivity index (χ0n) is 15.2. The van der Waals surface area contributed by atoms with Crippen LogP contribution in [0, 0.1) is 0 Å². The van der Waals surface area contributed by atoms with E-state index in [1.54, 1.807) is 25.2 Å². The third-order valence-electron chi connectivity index (χ3n) is 3.94. The maximum absolute atomic E-state index is 11.9. The molecule has 0 saturated carbocycles. The van der Waals surface area contributed by atoms with Gasteiger partial charge in [-0.25, -0.2) is 13.1 Å². The molecule has 0 aliphatic rings. The lowest BCUT2D eigenvalue weighted by Gasteiger charge is -2.12. The standard InChI is InChI=1S/C19H26N4O2S/c1-20-19(22-13-7-11-16-8-4-3-5-9-16)23-15-17-10-6-12-18(14-17)26(24,25)21-2/h3-6,8-10,12,14,21H,7,11,13,15H2,1-2H3,(H2,20,22,23). The molecule has 0 heterocycles. The quantitative estimate of drug-likeness (QED) is 0.374. The molecule has 0 aliphatic heterocycles. The van der Waals surface area contributed by atoms with Crippen molar-refractivity contribution in [2.45, 2.75) is 24.3 Å². The Bertz CT molecular complexity index is 820. The number of nitrogens with zero attached hydrogens (tertiary/aromatic N) is 1. The summed E-state index contributed by atoms with van der Waals surface area (Å²) in [6.07, 6.45) is 2.01. The number of sulfonamides is 1. The summed E-state index contributed by atoms with van der Waals surface area (Å²) < 4.78 is 26.1. The van der Waals surface area contributed by atoms with Gasteiger partial charge in [-0.2, -0.15) is 0 Å². The molecule has 6 nitrogen and oxygen atoms in total. The van der Waals surface area contributed by atoms with Gasteiger partial charge in [0.05, 0.1) is 4.90 Å². The molecule has 0 aliphatic carbocycles. The van der Waals surface area contributed by atoms with Crippen LogP contribution >= 0.6 is 0 Å². The normalized spacial score (nSPS) is 12.0. The first kappa shape index (κ1) is 19.9. The van der Waals surface area contributed by atoms with Crippen molar-refractivity contribution in [3.63, 3.8) is 0 Å². The number of hydrogen-bond acceptors (Lipinski definition) is 3. The van der Waals surface area contributed by atoms with Gasteiger partial charge in [-0.05, 0) is 43.1 Å². The van der Waals surface area contributed by atoms with E-state index >= 15 is 0 Å². The minimum absolute atomic E-state index is 0.255. The molecule has 0 atom stereocenters. The maximum atomic E-state index is 11.9. The molecule has 2 aromatic rings. The largest absolute Gasteiger partial charge is 0.356 e. The van der Waals surface area contributed by atoms with Crippen LogP contribution in [0.1, 0.15) is 17.5 Å². The van der Waals surface area contributed by atoms with Crippen LogP contribution in [0.4, 0.5) is 0 Å². The first-order valence-electron chi connectivity index (χ1n) is 8.56. The summed E-state index contributed by atoms with van der Waals surface area (Å²) in [4.78, 5) is 4.45. The van der Waals surface area contributed by atoms with Gasteiger partial charge in [0, 0.05) is 20.1 Å². The number of benzene rings is 2. The molecule has 7 heteroatoms. The molecular weight excluding hydrogens is 348 g/mol. The van der Waals surface area contributed by atoms with Gasteiger partial charge in [-0.3, -0.25) is 4.99 Å². The zero-order chi connectivity index (χ0) is 18.8. The van der Waals surface area contributed by atoms with Gasteiger partial charge < -0.3 is 10.6 Å². The molecule has 0 aromatic heterocycles. The van der Waals surface area contributed by atoms with Crippen LogP contribution in [-0.4, -0.2) is 35.0 Å². The van der Waals surface area contributed by atoms with Gasteiger partial charge in [0.1, 0.15) is 0 Å². The molecule has 2 aromatic carbocycles. The van der Waals surface area contributed by atoms with Crippen LogP contribution in [0.15, 0.2) is 64.5 Å². The monoisotopic (exact) mass is 374 g/mol. The summed E-state index contributed by atoms with van der Waals surface area (Å²) in [5.74, 6) is 0.694. The molecule has 2 rings (SSSR count). The Labute approximate surface area is 155 Å². The van der Waals surface area contributed by atoms with Gasteiger partial charge in [0.15, 0.2) is 5.96 Å². The van der Waals surface area contributed by atoms with Crippen molar-refractivity contribution in [3.05, 3.63) is 65.7 Å². The Morgan fingerprint density at radius 1 is 1.00 bits per heavy atom. The fraction of sp³-hybridized carbons (Fsp3) is 0.316. The summed E-state index contributed by atoms with van der Waals surface area (Å²) in [7, 11) is -0.311. The highest BCUT2D eigenvalue weighted by Gasteiger charge is 2.11. The highest BCUT2D eigenvalue weighted by molar-refractivity contribution is 7.89. The average molecular weight is 375 g/mol. The van der Waals surface area contributed by atoms with E-state index in [4.69, 9.17) is 0 Å². The summed E-state index contributed by atoms with van der Waals surface area (Å²) >= 11 is 0.